The maximum Gasteiger partial charge on any atom is 0.180 e. The van der Waals surface area contributed by atoms with Gasteiger partial charge in [-0.05, 0) is 43.1 Å². The molecule has 5 rings (SSSR count). The first-order chi connectivity index (χ1) is 16.7. The summed E-state index contributed by atoms with van der Waals surface area (Å²) in [5.41, 5.74) is 2.49. The molecule has 174 valence electrons. The number of carbonyl (C=O) groups excluding carboxylic acids is 1. The zero-order valence-corrected chi connectivity index (χ0v) is 18.8. The second kappa shape index (κ2) is 10.1. The molecule has 1 aromatic carbocycles. The minimum absolute atomic E-state index is 0.193. The number of likely N-dealkylation sites (tertiary alicyclic amines) is 1. The maximum atomic E-state index is 13.8. The Balaban J connectivity index is 1.28. The number of hydrogen-bond donors (Lipinski definition) is 1. The fourth-order valence-electron chi connectivity index (χ4n) is 4.70. The highest BCUT2D eigenvalue weighted by atomic mass is 19.1. The largest absolute Gasteiger partial charge is 0.366 e. The quantitative estimate of drug-likeness (QED) is 0.399. The van der Waals surface area contributed by atoms with E-state index in [-0.39, 0.29) is 17.8 Å². The van der Waals surface area contributed by atoms with E-state index in [1.807, 2.05) is 24.3 Å². The van der Waals surface area contributed by atoms with E-state index < -0.39 is 0 Å². The van der Waals surface area contributed by atoms with Crippen LogP contribution < -0.4 is 5.32 Å². The lowest BCUT2D eigenvalue weighted by atomic mass is 9.94. The molecule has 2 unspecified atom stereocenters. The third-order valence-electron chi connectivity index (χ3n) is 6.34. The molecule has 34 heavy (non-hydrogen) atoms. The van der Waals surface area contributed by atoms with E-state index in [1.165, 1.54) is 17.8 Å². The van der Waals surface area contributed by atoms with Crippen LogP contribution in [0.2, 0.25) is 0 Å². The number of rotatable bonds is 8. The molecule has 1 fully saturated rings. The Morgan fingerprint density at radius 2 is 2.03 bits per heavy atom. The van der Waals surface area contributed by atoms with Gasteiger partial charge in [0.25, 0.3) is 0 Å². The molecule has 1 saturated heterocycles. The minimum atomic E-state index is -0.341. The summed E-state index contributed by atoms with van der Waals surface area (Å²) in [5.74, 6) is 1.08. The summed E-state index contributed by atoms with van der Waals surface area (Å²) in [6.45, 7) is 2.74. The normalized spacial score (nSPS) is 17.5. The van der Waals surface area contributed by atoms with Gasteiger partial charge in [-0.15, -0.1) is 0 Å². The van der Waals surface area contributed by atoms with Crippen LogP contribution in [0.15, 0.2) is 67.1 Å². The molecule has 2 atom stereocenters. The Labute approximate surface area is 197 Å². The Morgan fingerprint density at radius 1 is 1.15 bits per heavy atom. The van der Waals surface area contributed by atoms with E-state index in [0.717, 1.165) is 44.6 Å². The molecular weight excluding hydrogens is 431 g/mol. The molecule has 4 heterocycles. The van der Waals surface area contributed by atoms with Crippen LogP contribution in [0.1, 0.15) is 30.7 Å². The highest BCUT2D eigenvalue weighted by molar-refractivity contribution is 5.58. The molecule has 1 aliphatic rings. The summed E-state index contributed by atoms with van der Waals surface area (Å²) in [5, 5.41) is 3.55. The second-order valence-electron chi connectivity index (χ2n) is 8.74. The summed E-state index contributed by atoms with van der Waals surface area (Å²) in [7, 11) is 0. The van der Waals surface area contributed by atoms with Gasteiger partial charge in [0.2, 0.25) is 0 Å². The van der Waals surface area contributed by atoms with Gasteiger partial charge in [-0.2, -0.15) is 0 Å². The summed E-state index contributed by atoms with van der Waals surface area (Å²) >= 11 is 0. The number of benzene rings is 1. The molecule has 0 saturated carbocycles. The standard InChI is InChI=1S/C26H27FN6O/c27-21-8-9-25-29-15-23(33(25)17-21)26-28-12-10-24(31-26)30-22-7-4-13-32(18-22)16-20(11-14-34)19-5-2-1-3-6-19/h1-3,5-6,8-10,12,14-15,17,20,22H,4,7,11,13,16,18H2,(H,28,30,31). The van der Waals surface area contributed by atoms with Crippen LogP contribution in [0.5, 0.6) is 0 Å². The number of aromatic nitrogens is 4. The van der Waals surface area contributed by atoms with Crippen LogP contribution in [-0.4, -0.2) is 56.2 Å². The van der Waals surface area contributed by atoms with Crippen LogP contribution in [0.4, 0.5) is 10.2 Å². The smallest absolute Gasteiger partial charge is 0.180 e. The van der Waals surface area contributed by atoms with E-state index in [1.54, 1.807) is 22.9 Å². The molecule has 8 heteroatoms. The van der Waals surface area contributed by atoms with Crippen LogP contribution in [0, 0.1) is 5.82 Å². The number of hydrogen-bond acceptors (Lipinski definition) is 6. The monoisotopic (exact) mass is 458 g/mol. The summed E-state index contributed by atoms with van der Waals surface area (Å²) in [6.07, 6.45) is 8.42. The number of pyridine rings is 1. The van der Waals surface area contributed by atoms with E-state index in [2.05, 4.69) is 37.3 Å². The number of imidazole rings is 1. The number of anilines is 1. The van der Waals surface area contributed by atoms with Gasteiger partial charge in [-0.3, -0.25) is 4.40 Å². The predicted molar refractivity (Wildman–Crippen MR) is 129 cm³/mol. The average Bonchev–Trinajstić information content (AvgIpc) is 3.28. The lowest BCUT2D eigenvalue weighted by Gasteiger charge is -2.35. The van der Waals surface area contributed by atoms with Gasteiger partial charge in [0.05, 0.1) is 6.20 Å². The molecule has 0 amide bonds. The fraction of sp³-hybridized carbons (Fsp3) is 0.308. The number of nitrogens with one attached hydrogen (secondary N) is 1. The number of carbonyl (C=O) groups is 1. The van der Waals surface area contributed by atoms with Crippen molar-refractivity contribution in [2.75, 3.05) is 25.0 Å². The van der Waals surface area contributed by atoms with E-state index in [0.29, 0.717) is 23.6 Å². The van der Waals surface area contributed by atoms with Crippen molar-refractivity contribution >= 4 is 17.8 Å². The van der Waals surface area contributed by atoms with E-state index >= 15 is 0 Å². The van der Waals surface area contributed by atoms with Crippen molar-refractivity contribution in [1.29, 1.82) is 0 Å². The van der Waals surface area contributed by atoms with Gasteiger partial charge in [0, 0.05) is 43.9 Å². The van der Waals surface area contributed by atoms with Crippen LogP contribution in [0.25, 0.3) is 17.2 Å². The van der Waals surface area contributed by atoms with Crippen molar-refractivity contribution < 1.29 is 9.18 Å². The van der Waals surface area contributed by atoms with Crippen LogP contribution >= 0.6 is 0 Å². The highest BCUT2D eigenvalue weighted by Crippen LogP contribution is 2.24. The minimum Gasteiger partial charge on any atom is -0.366 e. The number of piperidine rings is 1. The summed E-state index contributed by atoms with van der Waals surface area (Å²) < 4.78 is 15.4. The third kappa shape index (κ3) is 4.97. The molecule has 1 aliphatic heterocycles. The number of nitrogens with zero attached hydrogens (tertiary/aromatic N) is 5. The Hall–Kier alpha value is -3.65. The molecule has 0 aliphatic carbocycles. The van der Waals surface area contributed by atoms with Gasteiger partial charge >= 0.3 is 0 Å². The Kier molecular flexibility index (Phi) is 6.58. The summed E-state index contributed by atoms with van der Waals surface area (Å²) in [6, 6.07) is 15.4. The average molecular weight is 459 g/mol. The van der Waals surface area contributed by atoms with Crippen LogP contribution in [-0.2, 0) is 4.79 Å². The van der Waals surface area contributed by atoms with Crippen molar-refractivity contribution in [1.82, 2.24) is 24.3 Å². The van der Waals surface area contributed by atoms with E-state index in [4.69, 9.17) is 0 Å². The zero-order chi connectivity index (χ0) is 23.3. The number of aldehydes is 1. The predicted octanol–water partition coefficient (Wildman–Crippen LogP) is 4.18. The first-order valence-corrected chi connectivity index (χ1v) is 11.6. The molecule has 0 radical (unpaired) electrons. The fourth-order valence-corrected chi connectivity index (χ4v) is 4.70. The zero-order valence-electron chi connectivity index (χ0n) is 18.8. The van der Waals surface area contributed by atoms with Crippen molar-refractivity contribution in [3.05, 3.63) is 78.5 Å². The van der Waals surface area contributed by atoms with Crippen molar-refractivity contribution in [3.8, 4) is 11.5 Å². The number of fused-ring (bicyclic) bond motifs is 1. The third-order valence-corrected chi connectivity index (χ3v) is 6.34. The van der Waals surface area contributed by atoms with Crippen LogP contribution in [0.3, 0.4) is 0 Å². The molecule has 0 spiro atoms. The van der Waals surface area contributed by atoms with Crippen molar-refractivity contribution in [3.63, 3.8) is 0 Å². The second-order valence-corrected chi connectivity index (χ2v) is 8.74. The first-order valence-electron chi connectivity index (χ1n) is 11.6. The Bertz CT molecular complexity index is 1260. The molecule has 4 aromatic rings. The lowest BCUT2D eigenvalue weighted by molar-refractivity contribution is -0.108. The van der Waals surface area contributed by atoms with Gasteiger partial charge in [-0.1, -0.05) is 30.3 Å². The van der Waals surface area contributed by atoms with E-state index in [9.17, 15) is 9.18 Å². The molecule has 0 bridgehead atoms. The lowest BCUT2D eigenvalue weighted by Crippen LogP contribution is -2.43. The maximum absolute atomic E-state index is 13.8. The van der Waals surface area contributed by atoms with Gasteiger partial charge in [0.1, 0.15) is 29.3 Å². The van der Waals surface area contributed by atoms with Crippen molar-refractivity contribution in [2.24, 2.45) is 0 Å². The topological polar surface area (TPSA) is 75.4 Å². The highest BCUT2D eigenvalue weighted by Gasteiger charge is 2.23. The molecule has 3 aromatic heterocycles. The number of halogens is 1. The summed E-state index contributed by atoms with van der Waals surface area (Å²) in [4.78, 5) is 27.1. The molecule has 7 nitrogen and oxygen atoms in total. The Morgan fingerprint density at radius 3 is 2.88 bits per heavy atom. The van der Waals surface area contributed by atoms with Gasteiger partial charge < -0.3 is 15.0 Å². The molecule has 1 N–H and O–H groups in total. The van der Waals surface area contributed by atoms with Gasteiger partial charge in [0.15, 0.2) is 5.82 Å². The first kappa shape index (κ1) is 22.2. The van der Waals surface area contributed by atoms with Crippen molar-refractivity contribution in [2.45, 2.75) is 31.2 Å². The van der Waals surface area contributed by atoms with Gasteiger partial charge in [-0.25, -0.2) is 19.3 Å². The SMILES string of the molecule is O=CCC(CN1CCCC(Nc2ccnc(-c3cnc4ccc(F)cn34)n2)C1)c1ccccc1. The molecular formula is C26H27FN6O.